The highest BCUT2D eigenvalue weighted by Crippen LogP contribution is 2.26. The molecule has 1 saturated carbocycles. The van der Waals surface area contributed by atoms with Gasteiger partial charge >= 0.3 is 0 Å². The van der Waals surface area contributed by atoms with E-state index < -0.39 is 0 Å². The van der Waals surface area contributed by atoms with Crippen molar-refractivity contribution < 1.29 is 0 Å². The van der Waals surface area contributed by atoms with Crippen molar-refractivity contribution in [2.75, 3.05) is 11.9 Å². The van der Waals surface area contributed by atoms with Crippen molar-refractivity contribution in [3.8, 4) is 0 Å². The van der Waals surface area contributed by atoms with Crippen molar-refractivity contribution in [1.29, 1.82) is 0 Å². The van der Waals surface area contributed by atoms with E-state index in [-0.39, 0.29) is 0 Å². The summed E-state index contributed by atoms with van der Waals surface area (Å²) >= 11 is 0. The molecule has 84 valence electrons. The van der Waals surface area contributed by atoms with Gasteiger partial charge in [-0.05, 0) is 25.0 Å². The molecule has 1 aliphatic carbocycles. The molecule has 1 aliphatic rings. The molecule has 1 fully saturated rings. The number of fused-ring (bicyclic) bond motifs is 1. The smallest absolute Gasteiger partial charge is 0.203 e. The Morgan fingerprint density at radius 3 is 2.75 bits per heavy atom. The zero-order chi connectivity index (χ0) is 11.0. The lowest BCUT2D eigenvalue weighted by Gasteiger charge is -2.23. The maximum atomic E-state index is 4.63. The van der Waals surface area contributed by atoms with E-state index in [4.69, 9.17) is 0 Å². The van der Waals surface area contributed by atoms with Crippen molar-refractivity contribution in [2.45, 2.75) is 31.7 Å². The number of para-hydroxylation sites is 2. The molecule has 1 heterocycles. The number of rotatable bonds is 2. The van der Waals surface area contributed by atoms with Crippen molar-refractivity contribution in [3.63, 3.8) is 0 Å². The predicted octanol–water partition coefficient (Wildman–Crippen LogP) is 2.94. The highest BCUT2D eigenvalue weighted by atomic mass is 15.3. The number of H-pyrrole nitrogens is 1. The van der Waals surface area contributed by atoms with Crippen LogP contribution in [0.15, 0.2) is 24.3 Å². The topological polar surface area (TPSA) is 31.9 Å². The van der Waals surface area contributed by atoms with E-state index in [1.807, 2.05) is 12.1 Å². The number of aromatic amines is 1. The maximum absolute atomic E-state index is 4.63. The fraction of sp³-hybridized carbons (Fsp3) is 0.462. The Morgan fingerprint density at radius 1 is 1.25 bits per heavy atom. The molecule has 16 heavy (non-hydrogen) atoms. The molecule has 3 nitrogen and oxygen atoms in total. The van der Waals surface area contributed by atoms with Crippen LogP contribution in [0.3, 0.4) is 0 Å². The molecule has 1 aromatic heterocycles. The van der Waals surface area contributed by atoms with Gasteiger partial charge in [-0.1, -0.05) is 25.0 Å². The maximum Gasteiger partial charge on any atom is 0.203 e. The normalized spacial score (nSPS) is 17.1. The monoisotopic (exact) mass is 215 g/mol. The molecule has 0 atom stereocenters. The number of benzene rings is 1. The van der Waals surface area contributed by atoms with Crippen LogP contribution in [0.25, 0.3) is 11.0 Å². The molecule has 0 unspecified atom stereocenters. The van der Waals surface area contributed by atoms with Gasteiger partial charge in [-0.25, -0.2) is 4.98 Å². The van der Waals surface area contributed by atoms with E-state index in [0.29, 0.717) is 6.04 Å². The SMILES string of the molecule is CN(c1nc2ccccc2[nH]1)C1CCCC1. The molecule has 1 aromatic carbocycles. The summed E-state index contributed by atoms with van der Waals surface area (Å²) in [5.74, 6) is 1.01. The van der Waals surface area contributed by atoms with E-state index in [2.05, 4.69) is 34.0 Å². The molecule has 0 radical (unpaired) electrons. The first-order valence-electron chi connectivity index (χ1n) is 6.02. The Hall–Kier alpha value is -1.51. The Labute approximate surface area is 95.5 Å². The summed E-state index contributed by atoms with van der Waals surface area (Å²) in [7, 11) is 2.15. The first-order chi connectivity index (χ1) is 7.84. The number of hydrogen-bond donors (Lipinski definition) is 1. The number of nitrogens with one attached hydrogen (secondary N) is 1. The largest absolute Gasteiger partial charge is 0.342 e. The summed E-state index contributed by atoms with van der Waals surface area (Å²) in [5.41, 5.74) is 2.18. The standard InChI is InChI=1S/C13H17N3/c1-16(10-6-2-3-7-10)13-14-11-8-4-5-9-12(11)15-13/h4-5,8-10H,2-3,6-7H2,1H3,(H,14,15). The molecular formula is C13H17N3. The summed E-state index contributed by atoms with van der Waals surface area (Å²) in [6.45, 7) is 0. The number of hydrogen-bond acceptors (Lipinski definition) is 2. The van der Waals surface area contributed by atoms with Crippen molar-refractivity contribution in [1.82, 2.24) is 9.97 Å². The van der Waals surface area contributed by atoms with Gasteiger partial charge in [0.25, 0.3) is 0 Å². The summed E-state index contributed by atoms with van der Waals surface area (Å²) in [4.78, 5) is 10.3. The van der Waals surface area contributed by atoms with Gasteiger partial charge in [-0.3, -0.25) is 0 Å². The van der Waals surface area contributed by atoms with Crippen molar-refractivity contribution in [2.24, 2.45) is 0 Å². The third-order valence-corrected chi connectivity index (χ3v) is 3.58. The molecular weight excluding hydrogens is 198 g/mol. The molecule has 0 aliphatic heterocycles. The first kappa shape index (κ1) is 9.70. The molecule has 2 aromatic rings. The van der Waals surface area contributed by atoms with Gasteiger partial charge < -0.3 is 9.88 Å². The molecule has 0 bridgehead atoms. The van der Waals surface area contributed by atoms with Crippen LogP contribution < -0.4 is 4.90 Å². The van der Waals surface area contributed by atoms with E-state index in [9.17, 15) is 0 Å². The second-order valence-corrected chi connectivity index (χ2v) is 4.63. The number of aromatic nitrogens is 2. The van der Waals surface area contributed by atoms with Gasteiger partial charge in [0, 0.05) is 13.1 Å². The van der Waals surface area contributed by atoms with Gasteiger partial charge in [0.05, 0.1) is 11.0 Å². The van der Waals surface area contributed by atoms with E-state index in [0.717, 1.165) is 17.0 Å². The Balaban J connectivity index is 1.92. The number of anilines is 1. The lowest BCUT2D eigenvalue weighted by atomic mass is 10.2. The minimum absolute atomic E-state index is 0.667. The Morgan fingerprint density at radius 2 is 2.00 bits per heavy atom. The summed E-state index contributed by atoms with van der Waals surface area (Å²) in [5, 5.41) is 0. The van der Waals surface area contributed by atoms with Crippen LogP contribution in [-0.2, 0) is 0 Å². The Bertz CT molecular complexity index is 450. The summed E-state index contributed by atoms with van der Waals surface area (Å²) < 4.78 is 0. The quantitative estimate of drug-likeness (QED) is 0.835. The predicted molar refractivity (Wildman–Crippen MR) is 66.8 cm³/mol. The lowest BCUT2D eigenvalue weighted by molar-refractivity contribution is 0.642. The van der Waals surface area contributed by atoms with Crippen LogP contribution in [0.4, 0.5) is 5.95 Å². The third kappa shape index (κ3) is 1.56. The molecule has 0 spiro atoms. The minimum Gasteiger partial charge on any atom is -0.342 e. The fourth-order valence-electron chi connectivity index (χ4n) is 2.57. The average Bonchev–Trinajstić information content (AvgIpc) is 2.97. The van der Waals surface area contributed by atoms with Crippen LogP contribution >= 0.6 is 0 Å². The van der Waals surface area contributed by atoms with E-state index >= 15 is 0 Å². The zero-order valence-corrected chi connectivity index (χ0v) is 9.61. The first-order valence-corrected chi connectivity index (χ1v) is 6.02. The molecule has 3 heteroatoms. The molecule has 1 N–H and O–H groups in total. The number of imidazole rings is 1. The molecule has 0 amide bonds. The molecule has 0 saturated heterocycles. The number of nitrogens with zero attached hydrogens (tertiary/aromatic N) is 2. The van der Waals surface area contributed by atoms with Crippen LogP contribution in [0.1, 0.15) is 25.7 Å². The van der Waals surface area contributed by atoms with Gasteiger partial charge in [-0.15, -0.1) is 0 Å². The minimum atomic E-state index is 0.667. The third-order valence-electron chi connectivity index (χ3n) is 3.58. The van der Waals surface area contributed by atoms with Crippen LogP contribution in [0.2, 0.25) is 0 Å². The highest BCUT2D eigenvalue weighted by Gasteiger charge is 2.21. The van der Waals surface area contributed by atoms with Crippen LogP contribution in [0.5, 0.6) is 0 Å². The van der Waals surface area contributed by atoms with Gasteiger partial charge in [-0.2, -0.15) is 0 Å². The second kappa shape index (κ2) is 3.81. The second-order valence-electron chi connectivity index (χ2n) is 4.63. The van der Waals surface area contributed by atoms with Gasteiger partial charge in [0.2, 0.25) is 5.95 Å². The van der Waals surface area contributed by atoms with Crippen molar-refractivity contribution >= 4 is 17.0 Å². The van der Waals surface area contributed by atoms with Gasteiger partial charge in [0.15, 0.2) is 0 Å². The average molecular weight is 215 g/mol. The zero-order valence-electron chi connectivity index (χ0n) is 9.61. The van der Waals surface area contributed by atoms with Crippen LogP contribution in [-0.4, -0.2) is 23.1 Å². The van der Waals surface area contributed by atoms with Crippen molar-refractivity contribution in [3.05, 3.63) is 24.3 Å². The highest BCUT2D eigenvalue weighted by molar-refractivity contribution is 5.77. The summed E-state index contributed by atoms with van der Waals surface area (Å²) in [6.07, 6.45) is 5.31. The van der Waals surface area contributed by atoms with Gasteiger partial charge in [0.1, 0.15) is 0 Å². The fourth-order valence-corrected chi connectivity index (χ4v) is 2.57. The van der Waals surface area contributed by atoms with Crippen LogP contribution in [0, 0.1) is 0 Å². The Kier molecular flexibility index (Phi) is 2.31. The lowest BCUT2D eigenvalue weighted by Crippen LogP contribution is -2.29. The van der Waals surface area contributed by atoms with E-state index in [1.165, 1.54) is 25.7 Å². The summed E-state index contributed by atoms with van der Waals surface area (Å²) in [6, 6.07) is 8.87. The van der Waals surface area contributed by atoms with E-state index in [1.54, 1.807) is 0 Å². The molecule has 3 rings (SSSR count).